The fraction of sp³-hybridized carbons (Fsp3) is 0.286. The first-order valence-electron chi connectivity index (χ1n) is 9.62. The van der Waals surface area contributed by atoms with Gasteiger partial charge in [0.15, 0.2) is 0 Å². The molecule has 0 bridgehead atoms. The van der Waals surface area contributed by atoms with Crippen LogP contribution in [0, 0.1) is 5.82 Å². The van der Waals surface area contributed by atoms with Crippen LogP contribution in [0.2, 0.25) is 0 Å². The van der Waals surface area contributed by atoms with Gasteiger partial charge in [-0.15, -0.1) is 0 Å². The second kappa shape index (κ2) is 8.74. The highest BCUT2D eigenvalue weighted by Crippen LogP contribution is 2.22. The lowest BCUT2D eigenvalue weighted by atomic mass is 10.2. The number of piperazine rings is 1. The van der Waals surface area contributed by atoms with Gasteiger partial charge in [-0.3, -0.25) is 14.5 Å². The zero-order chi connectivity index (χ0) is 21.1. The molecule has 2 aromatic rings. The molecule has 2 aliphatic rings. The van der Waals surface area contributed by atoms with Crippen LogP contribution in [0.25, 0.3) is 0 Å². The maximum absolute atomic E-state index is 13.1. The molecule has 4 rings (SSSR count). The van der Waals surface area contributed by atoms with E-state index in [-0.39, 0.29) is 35.3 Å². The van der Waals surface area contributed by atoms with E-state index in [1.807, 2.05) is 0 Å². The number of hydrogen-bond donors (Lipinski definition) is 1. The Morgan fingerprint density at radius 2 is 1.63 bits per heavy atom. The van der Waals surface area contributed by atoms with Crippen LogP contribution in [0.4, 0.5) is 25.4 Å². The number of carbonyl (C=O) groups excluding carboxylic acids is 3. The van der Waals surface area contributed by atoms with E-state index in [1.165, 1.54) is 17.0 Å². The van der Waals surface area contributed by atoms with Crippen molar-refractivity contribution >= 4 is 40.3 Å². The maximum Gasteiger partial charge on any atom is 0.321 e. The molecule has 2 aromatic carbocycles. The van der Waals surface area contributed by atoms with E-state index in [1.54, 1.807) is 41.3 Å². The fourth-order valence-electron chi connectivity index (χ4n) is 3.43. The number of nitrogens with zero attached hydrogens (tertiary/aromatic N) is 3. The highest BCUT2D eigenvalue weighted by atomic mass is 32.2. The SMILES string of the molecule is O=C(Nc1ccc(CN2C(=O)CSC2=O)cc1)N1CCN(c2ccc(F)cc2)CC1. The molecule has 2 aliphatic heterocycles. The molecule has 0 aromatic heterocycles. The molecule has 9 heteroatoms. The fourth-order valence-corrected chi connectivity index (χ4v) is 4.16. The molecule has 30 heavy (non-hydrogen) atoms. The van der Waals surface area contributed by atoms with Crippen molar-refractivity contribution in [3.05, 3.63) is 59.9 Å². The molecule has 0 atom stereocenters. The van der Waals surface area contributed by atoms with E-state index in [9.17, 15) is 18.8 Å². The second-order valence-corrected chi connectivity index (χ2v) is 8.04. The highest BCUT2D eigenvalue weighted by Gasteiger charge is 2.29. The van der Waals surface area contributed by atoms with E-state index < -0.39 is 0 Å². The lowest BCUT2D eigenvalue weighted by Gasteiger charge is -2.36. The van der Waals surface area contributed by atoms with Crippen molar-refractivity contribution in [1.29, 1.82) is 0 Å². The van der Waals surface area contributed by atoms with Crippen LogP contribution in [0.5, 0.6) is 0 Å². The third-order valence-electron chi connectivity index (χ3n) is 5.15. The van der Waals surface area contributed by atoms with Crippen LogP contribution in [-0.2, 0) is 11.3 Å². The normalized spacial score (nSPS) is 16.9. The minimum Gasteiger partial charge on any atom is -0.368 e. The number of nitrogens with one attached hydrogen (secondary N) is 1. The van der Waals surface area contributed by atoms with Crippen molar-refractivity contribution in [3.8, 4) is 0 Å². The zero-order valence-corrected chi connectivity index (χ0v) is 17.0. The number of urea groups is 1. The average molecular weight is 428 g/mol. The van der Waals surface area contributed by atoms with Gasteiger partial charge in [0.25, 0.3) is 5.24 Å². The number of amides is 4. The molecule has 2 fully saturated rings. The van der Waals surface area contributed by atoms with Crippen LogP contribution in [-0.4, -0.2) is 58.9 Å². The van der Waals surface area contributed by atoms with Gasteiger partial charge in [0.2, 0.25) is 5.91 Å². The van der Waals surface area contributed by atoms with Crippen molar-refractivity contribution in [2.75, 3.05) is 42.1 Å². The Labute approximate surface area is 177 Å². The Balaban J connectivity index is 1.28. The van der Waals surface area contributed by atoms with Crippen LogP contribution in [0.1, 0.15) is 5.56 Å². The van der Waals surface area contributed by atoms with E-state index in [0.717, 1.165) is 23.0 Å². The summed E-state index contributed by atoms with van der Waals surface area (Å²) < 4.78 is 13.1. The molecule has 0 aliphatic carbocycles. The number of anilines is 2. The van der Waals surface area contributed by atoms with Gasteiger partial charge in [-0.05, 0) is 42.0 Å². The Bertz CT molecular complexity index is 928. The molecule has 156 valence electrons. The molecule has 2 saturated heterocycles. The Hall–Kier alpha value is -3.07. The standard InChI is InChI=1S/C21H21FN4O3S/c22-16-3-7-18(8-4-16)24-9-11-25(12-10-24)20(28)23-17-5-1-15(2-6-17)13-26-19(27)14-30-21(26)29/h1-8H,9-14H2,(H,23,28). The van der Waals surface area contributed by atoms with E-state index in [0.29, 0.717) is 31.9 Å². The summed E-state index contributed by atoms with van der Waals surface area (Å²) in [5, 5.41) is 2.65. The third kappa shape index (κ3) is 4.56. The molecule has 0 saturated carbocycles. The van der Waals surface area contributed by atoms with Crippen molar-refractivity contribution in [2.45, 2.75) is 6.54 Å². The molecule has 7 nitrogen and oxygen atoms in total. The quantitative estimate of drug-likeness (QED) is 0.808. The van der Waals surface area contributed by atoms with Gasteiger partial charge in [-0.1, -0.05) is 23.9 Å². The first-order valence-corrected chi connectivity index (χ1v) is 10.6. The van der Waals surface area contributed by atoms with E-state index in [4.69, 9.17) is 0 Å². The molecular formula is C21H21FN4O3S. The topological polar surface area (TPSA) is 73.0 Å². The number of benzene rings is 2. The summed E-state index contributed by atoms with van der Waals surface area (Å²) in [6, 6.07) is 13.3. The molecule has 0 unspecified atom stereocenters. The van der Waals surface area contributed by atoms with Crippen LogP contribution in [0.15, 0.2) is 48.5 Å². The van der Waals surface area contributed by atoms with Crippen LogP contribution >= 0.6 is 11.8 Å². The van der Waals surface area contributed by atoms with E-state index in [2.05, 4.69) is 10.2 Å². The minimum atomic E-state index is -0.264. The number of hydrogen-bond acceptors (Lipinski definition) is 5. The molecular weight excluding hydrogens is 407 g/mol. The van der Waals surface area contributed by atoms with Gasteiger partial charge >= 0.3 is 6.03 Å². The smallest absolute Gasteiger partial charge is 0.321 e. The monoisotopic (exact) mass is 428 g/mol. The number of rotatable bonds is 4. The summed E-state index contributed by atoms with van der Waals surface area (Å²) in [6.07, 6.45) is 0. The van der Waals surface area contributed by atoms with Crippen LogP contribution in [0.3, 0.4) is 0 Å². The van der Waals surface area contributed by atoms with Crippen LogP contribution < -0.4 is 10.2 Å². The lowest BCUT2D eigenvalue weighted by molar-refractivity contribution is -0.125. The Morgan fingerprint density at radius 1 is 0.967 bits per heavy atom. The molecule has 4 amide bonds. The minimum absolute atomic E-state index is 0.178. The van der Waals surface area contributed by atoms with Gasteiger partial charge in [-0.2, -0.15) is 0 Å². The number of halogens is 1. The summed E-state index contributed by atoms with van der Waals surface area (Å²) >= 11 is 1.01. The molecule has 0 spiro atoms. The number of thioether (sulfide) groups is 1. The van der Waals surface area contributed by atoms with Crippen molar-refractivity contribution in [1.82, 2.24) is 9.80 Å². The third-order valence-corrected chi connectivity index (χ3v) is 6.00. The first kappa shape index (κ1) is 20.2. The predicted molar refractivity (Wildman–Crippen MR) is 114 cm³/mol. The highest BCUT2D eigenvalue weighted by molar-refractivity contribution is 8.14. The van der Waals surface area contributed by atoms with Crippen molar-refractivity contribution in [3.63, 3.8) is 0 Å². The predicted octanol–water partition coefficient (Wildman–Crippen LogP) is 3.38. The van der Waals surface area contributed by atoms with Crippen molar-refractivity contribution < 1.29 is 18.8 Å². The zero-order valence-electron chi connectivity index (χ0n) is 16.2. The summed E-state index contributed by atoms with van der Waals surface area (Å²) in [4.78, 5) is 41.0. The summed E-state index contributed by atoms with van der Waals surface area (Å²) in [5.74, 6) is -0.246. The van der Waals surface area contributed by atoms with Gasteiger partial charge in [0, 0.05) is 37.6 Å². The maximum atomic E-state index is 13.1. The molecule has 2 heterocycles. The first-order chi connectivity index (χ1) is 14.5. The van der Waals surface area contributed by atoms with Gasteiger partial charge in [0.05, 0.1) is 12.3 Å². The summed E-state index contributed by atoms with van der Waals surface area (Å²) in [5.41, 5.74) is 2.42. The van der Waals surface area contributed by atoms with Crippen molar-refractivity contribution in [2.24, 2.45) is 0 Å². The largest absolute Gasteiger partial charge is 0.368 e. The molecule has 0 radical (unpaired) electrons. The summed E-state index contributed by atoms with van der Waals surface area (Å²) in [6.45, 7) is 2.72. The number of imide groups is 1. The summed E-state index contributed by atoms with van der Waals surface area (Å²) in [7, 11) is 0. The average Bonchev–Trinajstić information content (AvgIpc) is 3.08. The van der Waals surface area contributed by atoms with Gasteiger partial charge < -0.3 is 15.1 Å². The lowest BCUT2D eigenvalue weighted by Crippen LogP contribution is -2.50. The number of carbonyl (C=O) groups is 3. The van der Waals surface area contributed by atoms with Gasteiger partial charge in [-0.25, -0.2) is 9.18 Å². The van der Waals surface area contributed by atoms with Gasteiger partial charge in [0.1, 0.15) is 5.82 Å². The second-order valence-electron chi connectivity index (χ2n) is 7.11. The Morgan fingerprint density at radius 3 is 2.23 bits per heavy atom. The van der Waals surface area contributed by atoms with E-state index >= 15 is 0 Å². The Kier molecular flexibility index (Phi) is 5.89. The molecule has 1 N–H and O–H groups in total.